The van der Waals surface area contributed by atoms with Gasteiger partial charge in [0.2, 0.25) is 0 Å². The Kier molecular flexibility index (Phi) is 5.16. The van der Waals surface area contributed by atoms with Gasteiger partial charge in [0.05, 0.1) is 0 Å². The third kappa shape index (κ3) is 2.84. The van der Waals surface area contributed by atoms with E-state index in [1.807, 2.05) is 17.9 Å². The van der Waals surface area contributed by atoms with Gasteiger partial charge >= 0.3 is 0 Å². The van der Waals surface area contributed by atoms with Crippen molar-refractivity contribution in [3.63, 3.8) is 0 Å². The summed E-state index contributed by atoms with van der Waals surface area (Å²) in [7, 11) is 0. The van der Waals surface area contributed by atoms with Crippen molar-refractivity contribution in [2.24, 2.45) is 11.7 Å². The lowest BCUT2D eigenvalue weighted by Gasteiger charge is -2.20. The molecule has 1 saturated heterocycles. The number of halogens is 1. The fourth-order valence-electron chi connectivity index (χ4n) is 2.40. The Morgan fingerprint density at radius 2 is 2.39 bits per heavy atom. The predicted octanol–water partition coefficient (Wildman–Crippen LogP) is 1.20. The number of carbonyl (C=O) groups excluding carboxylic acids is 1. The number of H-pyrrole nitrogens is 1. The SMILES string of the molecule is CCc1cc(C(=O)N2CC(CN)CC2C)n[nH]1.Cl. The lowest BCUT2D eigenvalue weighted by Crippen LogP contribution is -2.34. The third-order valence-electron chi connectivity index (χ3n) is 3.49. The Morgan fingerprint density at radius 1 is 1.67 bits per heavy atom. The van der Waals surface area contributed by atoms with Crippen LogP contribution in [0.2, 0.25) is 0 Å². The van der Waals surface area contributed by atoms with Gasteiger partial charge in [-0.3, -0.25) is 9.89 Å². The first-order chi connectivity index (χ1) is 8.15. The quantitative estimate of drug-likeness (QED) is 0.868. The second-order valence-corrected chi connectivity index (χ2v) is 4.78. The maximum atomic E-state index is 12.3. The van der Waals surface area contributed by atoms with Crippen LogP contribution < -0.4 is 5.73 Å². The molecule has 102 valence electrons. The van der Waals surface area contributed by atoms with Crippen LogP contribution in [0.25, 0.3) is 0 Å². The second-order valence-electron chi connectivity index (χ2n) is 4.78. The van der Waals surface area contributed by atoms with Gasteiger partial charge in [0.1, 0.15) is 5.69 Å². The summed E-state index contributed by atoms with van der Waals surface area (Å²) >= 11 is 0. The van der Waals surface area contributed by atoms with E-state index in [-0.39, 0.29) is 24.4 Å². The third-order valence-corrected chi connectivity index (χ3v) is 3.49. The van der Waals surface area contributed by atoms with Crippen LogP contribution in [0, 0.1) is 5.92 Å². The van der Waals surface area contributed by atoms with E-state index in [1.54, 1.807) is 0 Å². The number of rotatable bonds is 3. The van der Waals surface area contributed by atoms with Crippen LogP contribution in [0.1, 0.15) is 36.5 Å². The summed E-state index contributed by atoms with van der Waals surface area (Å²) in [6.45, 7) is 5.51. The molecule has 0 spiro atoms. The van der Waals surface area contributed by atoms with Crippen molar-refractivity contribution in [3.05, 3.63) is 17.5 Å². The molecular formula is C12H21ClN4O. The number of nitrogens with zero attached hydrogens (tertiary/aromatic N) is 2. The van der Waals surface area contributed by atoms with Crippen LogP contribution in [-0.2, 0) is 6.42 Å². The molecule has 0 radical (unpaired) electrons. The zero-order valence-corrected chi connectivity index (χ0v) is 11.7. The molecule has 1 aromatic rings. The number of aryl methyl sites for hydroxylation is 1. The first-order valence-electron chi connectivity index (χ1n) is 6.21. The molecule has 5 nitrogen and oxygen atoms in total. The molecule has 6 heteroatoms. The minimum absolute atomic E-state index is 0. The van der Waals surface area contributed by atoms with Crippen molar-refractivity contribution in [1.29, 1.82) is 0 Å². The average molecular weight is 273 g/mol. The molecule has 2 unspecified atom stereocenters. The fourth-order valence-corrected chi connectivity index (χ4v) is 2.40. The van der Waals surface area contributed by atoms with Crippen LogP contribution in [0.15, 0.2) is 6.07 Å². The van der Waals surface area contributed by atoms with Crippen LogP contribution in [0.3, 0.4) is 0 Å². The molecule has 1 amide bonds. The molecule has 0 aromatic carbocycles. The Labute approximate surface area is 114 Å². The Morgan fingerprint density at radius 3 is 2.89 bits per heavy atom. The highest BCUT2D eigenvalue weighted by molar-refractivity contribution is 5.92. The number of hydrogen-bond acceptors (Lipinski definition) is 3. The van der Waals surface area contributed by atoms with Gasteiger partial charge in [-0.15, -0.1) is 12.4 Å². The number of nitrogens with two attached hydrogens (primary N) is 1. The summed E-state index contributed by atoms with van der Waals surface area (Å²) in [4.78, 5) is 14.1. The topological polar surface area (TPSA) is 75.0 Å². The number of aromatic nitrogens is 2. The standard InChI is InChI=1S/C12H20N4O.ClH/c1-3-10-5-11(15-14-10)12(17)16-7-9(6-13)4-8(16)2;/h5,8-9H,3-4,6-7,13H2,1-2H3,(H,14,15);1H. The second kappa shape index (κ2) is 6.20. The molecule has 3 N–H and O–H groups in total. The maximum Gasteiger partial charge on any atom is 0.274 e. The lowest BCUT2D eigenvalue weighted by atomic mass is 10.1. The monoisotopic (exact) mass is 272 g/mol. The van der Waals surface area contributed by atoms with Gasteiger partial charge in [0, 0.05) is 18.3 Å². The predicted molar refractivity (Wildman–Crippen MR) is 72.9 cm³/mol. The van der Waals surface area contributed by atoms with Gasteiger partial charge in [0.15, 0.2) is 0 Å². The zero-order chi connectivity index (χ0) is 12.4. The minimum Gasteiger partial charge on any atom is -0.334 e. The molecule has 2 atom stereocenters. The van der Waals surface area contributed by atoms with Crippen molar-refractivity contribution in [3.8, 4) is 0 Å². The van der Waals surface area contributed by atoms with E-state index in [1.165, 1.54) is 0 Å². The summed E-state index contributed by atoms with van der Waals surface area (Å²) in [5, 5.41) is 6.95. The molecule has 0 saturated carbocycles. The van der Waals surface area contributed by atoms with Crippen molar-refractivity contribution < 1.29 is 4.79 Å². The van der Waals surface area contributed by atoms with Crippen molar-refractivity contribution in [2.75, 3.05) is 13.1 Å². The molecule has 18 heavy (non-hydrogen) atoms. The van der Waals surface area contributed by atoms with E-state index in [0.29, 0.717) is 18.2 Å². The Hall–Kier alpha value is -1.07. The van der Waals surface area contributed by atoms with E-state index in [9.17, 15) is 4.79 Å². The molecule has 0 aliphatic carbocycles. The van der Waals surface area contributed by atoms with Crippen LogP contribution >= 0.6 is 12.4 Å². The smallest absolute Gasteiger partial charge is 0.274 e. The first kappa shape index (κ1) is 15.0. The fraction of sp³-hybridized carbons (Fsp3) is 0.667. The largest absolute Gasteiger partial charge is 0.334 e. The van der Waals surface area contributed by atoms with Gasteiger partial charge in [-0.05, 0) is 38.3 Å². The number of hydrogen-bond donors (Lipinski definition) is 2. The molecule has 0 bridgehead atoms. The number of aromatic amines is 1. The lowest BCUT2D eigenvalue weighted by molar-refractivity contribution is 0.0737. The highest BCUT2D eigenvalue weighted by Gasteiger charge is 2.32. The van der Waals surface area contributed by atoms with Gasteiger partial charge in [0.25, 0.3) is 5.91 Å². The van der Waals surface area contributed by atoms with Gasteiger partial charge in [-0.2, -0.15) is 5.10 Å². The van der Waals surface area contributed by atoms with Crippen LogP contribution in [-0.4, -0.2) is 40.1 Å². The van der Waals surface area contributed by atoms with E-state index < -0.39 is 0 Å². The van der Waals surface area contributed by atoms with Crippen molar-refractivity contribution >= 4 is 18.3 Å². The van der Waals surface area contributed by atoms with Crippen molar-refractivity contribution in [1.82, 2.24) is 15.1 Å². The van der Waals surface area contributed by atoms with Crippen LogP contribution in [0.5, 0.6) is 0 Å². The van der Waals surface area contributed by atoms with E-state index in [2.05, 4.69) is 17.1 Å². The first-order valence-corrected chi connectivity index (χ1v) is 6.21. The Balaban J connectivity index is 0.00000162. The number of nitrogens with one attached hydrogen (secondary N) is 1. The highest BCUT2D eigenvalue weighted by Crippen LogP contribution is 2.23. The molecular weight excluding hydrogens is 252 g/mol. The maximum absolute atomic E-state index is 12.3. The molecule has 1 aromatic heterocycles. The molecule has 1 aliphatic heterocycles. The molecule has 1 aliphatic rings. The summed E-state index contributed by atoms with van der Waals surface area (Å²) in [6.07, 6.45) is 1.86. The molecule has 2 rings (SSSR count). The molecule has 1 fully saturated rings. The Bertz CT molecular complexity index is 407. The average Bonchev–Trinajstić information content (AvgIpc) is 2.94. The van der Waals surface area contributed by atoms with E-state index >= 15 is 0 Å². The number of likely N-dealkylation sites (tertiary alicyclic amines) is 1. The van der Waals surface area contributed by atoms with Gasteiger partial charge in [-0.25, -0.2) is 0 Å². The number of amides is 1. The zero-order valence-electron chi connectivity index (χ0n) is 10.8. The van der Waals surface area contributed by atoms with Gasteiger partial charge < -0.3 is 10.6 Å². The van der Waals surface area contributed by atoms with Crippen molar-refractivity contribution in [2.45, 2.75) is 32.7 Å². The summed E-state index contributed by atoms with van der Waals surface area (Å²) < 4.78 is 0. The summed E-state index contributed by atoms with van der Waals surface area (Å²) in [6, 6.07) is 2.10. The number of carbonyl (C=O) groups is 1. The van der Waals surface area contributed by atoms with Gasteiger partial charge in [-0.1, -0.05) is 6.92 Å². The normalized spacial score (nSPS) is 22.9. The van der Waals surface area contributed by atoms with Crippen LogP contribution in [0.4, 0.5) is 0 Å². The van der Waals surface area contributed by atoms with E-state index in [4.69, 9.17) is 5.73 Å². The molecule has 2 heterocycles. The minimum atomic E-state index is 0. The highest BCUT2D eigenvalue weighted by atomic mass is 35.5. The summed E-state index contributed by atoms with van der Waals surface area (Å²) in [5.41, 5.74) is 7.18. The van der Waals surface area contributed by atoms with E-state index in [0.717, 1.165) is 25.1 Å². The summed E-state index contributed by atoms with van der Waals surface area (Å²) in [5.74, 6) is 0.447.